The van der Waals surface area contributed by atoms with Crippen molar-refractivity contribution in [2.75, 3.05) is 0 Å². The van der Waals surface area contributed by atoms with Gasteiger partial charge in [0.2, 0.25) is 0 Å². The zero-order chi connectivity index (χ0) is 55.0. The number of rotatable bonds is 9. The second kappa shape index (κ2) is 19.5. The summed E-state index contributed by atoms with van der Waals surface area (Å²) in [5.74, 6) is 0.608. The van der Waals surface area contributed by atoms with Crippen molar-refractivity contribution >= 4 is 65.6 Å². The summed E-state index contributed by atoms with van der Waals surface area (Å²) in [4.78, 5) is 10.5. The number of hydrogen-bond donors (Lipinski definition) is 0. The highest BCUT2D eigenvalue weighted by Crippen LogP contribution is 2.48. The first-order valence-corrected chi connectivity index (χ1v) is 27.9. The third kappa shape index (κ3) is 7.94. The molecule has 0 amide bonds. The summed E-state index contributed by atoms with van der Waals surface area (Å²) in [6.07, 6.45) is 0. The van der Waals surface area contributed by atoms with Crippen LogP contribution in [-0.2, 0) is 0 Å². The first kappa shape index (κ1) is 47.6. The molecule has 0 aliphatic carbocycles. The van der Waals surface area contributed by atoms with Crippen molar-refractivity contribution in [3.8, 4) is 95.9 Å². The minimum Gasteiger partial charge on any atom is -0.455 e. The Morgan fingerprint density at radius 3 is 1.12 bits per heavy atom. The van der Waals surface area contributed by atoms with Crippen LogP contribution < -0.4 is 0 Å². The molecule has 12 aromatic carbocycles. The highest BCUT2D eigenvalue weighted by molar-refractivity contribution is 6.20. The van der Waals surface area contributed by atoms with Gasteiger partial charge in [0, 0.05) is 49.7 Å². The van der Waals surface area contributed by atoms with Gasteiger partial charge in [0.15, 0.2) is 5.82 Å². The minimum atomic E-state index is 0.461. The lowest BCUT2D eigenvalue weighted by Crippen LogP contribution is -2.07. The molecule has 6 heteroatoms. The number of aromatic nitrogens is 4. The maximum absolute atomic E-state index is 11.9. The molecule has 0 saturated carbocycles. The highest BCUT2D eigenvalue weighted by atomic mass is 16.3. The maximum Gasteiger partial charge on any atom is 0.160 e. The van der Waals surface area contributed by atoms with Gasteiger partial charge in [-0.2, -0.15) is 5.26 Å². The third-order valence-electron chi connectivity index (χ3n) is 16.4. The molecule has 0 spiro atoms. The first-order chi connectivity index (χ1) is 41.1. The van der Waals surface area contributed by atoms with Gasteiger partial charge in [-0.15, -0.1) is 0 Å². The van der Waals surface area contributed by atoms with E-state index >= 15 is 0 Å². The molecule has 0 saturated heterocycles. The van der Waals surface area contributed by atoms with Crippen LogP contribution in [0, 0.1) is 11.3 Å². The summed E-state index contributed by atoms with van der Waals surface area (Å²) in [5.41, 5.74) is 20.3. The van der Waals surface area contributed by atoms with E-state index in [9.17, 15) is 5.26 Å². The van der Waals surface area contributed by atoms with Crippen LogP contribution in [0.2, 0.25) is 0 Å². The lowest BCUT2D eigenvalue weighted by Gasteiger charge is -2.20. The van der Waals surface area contributed by atoms with Crippen molar-refractivity contribution in [3.05, 3.63) is 291 Å². The smallest absolute Gasteiger partial charge is 0.160 e. The molecule has 16 aromatic rings. The molecule has 4 aromatic heterocycles. The van der Waals surface area contributed by atoms with E-state index in [2.05, 4.69) is 246 Å². The average Bonchev–Trinajstić information content (AvgIpc) is 1.81. The Morgan fingerprint density at radius 2 is 0.699 bits per heavy atom. The van der Waals surface area contributed by atoms with E-state index in [1.165, 1.54) is 0 Å². The number of hydrogen-bond acceptors (Lipinski definition) is 4. The predicted molar refractivity (Wildman–Crippen MR) is 341 cm³/mol. The molecule has 0 atom stereocenters. The zero-order valence-corrected chi connectivity index (χ0v) is 44.8. The molecule has 386 valence electrons. The molecule has 0 N–H and O–H groups in total. The van der Waals surface area contributed by atoms with Crippen LogP contribution in [0.15, 0.2) is 290 Å². The Labute approximate surface area is 478 Å². The largest absolute Gasteiger partial charge is 0.455 e. The molecule has 0 aliphatic heterocycles. The number of nitrogens with zero attached hydrogens (tertiary/aromatic N) is 5. The Hall–Kier alpha value is -11.4. The molecule has 0 fully saturated rings. The third-order valence-corrected chi connectivity index (χ3v) is 16.4. The molecule has 16 rings (SSSR count). The van der Waals surface area contributed by atoms with Crippen LogP contribution in [0.1, 0.15) is 5.56 Å². The fourth-order valence-electron chi connectivity index (χ4n) is 12.5. The molecule has 4 heterocycles. The van der Waals surface area contributed by atoms with E-state index in [1.54, 1.807) is 0 Å². The Bertz CT molecular complexity index is 4980. The number of para-hydroxylation sites is 1. The molecule has 0 aliphatic rings. The van der Waals surface area contributed by atoms with Crippen molar-refractivity contribution in [2.24, 2.45) is 0 Å². The van der Waals surface area contributed by atoms with Gasteiger partial charge >= 0.3 is 0 Å². The van der Waals surface area contributed by atoms with Crippen LogP contribution in [-0.4, -0.2) is 19.1 Å². The van der Waals surface area contributed by atoms with Crippen LogP contribution in [0.5, 0.6) is 0 Å². The number of furan rings is 1. The zero-order valence-electron chi connectivity index (χ0n) is 44.8. The molecule has 0 radical (unpaired) electrons. The quantitative estimate of drug-likeness (QED) is 0.144. The van der Waals surface area contributed by atoms with Crippen molar-refractivity contribution in [3.63, 3.8) is 0 Å². The van der Waals surface area contributed by atoms with Crippen LogP contribution in [0.25, 0.3) is 155 Å². The number of fused-ring (bicyclic) bond motifs is 9. The van der Waals surface area contributed by atoms with E-state index in [1.807, 2.05) is 54.6 Å². The normalized spacial score (nSPS) is 11.6. The Balaban J connectivity index is 1.06. The second-order valence-corrected chi connectivity index (χ2v) is 21.1. The SMILES string of the molecule is N#Cc1cc2oc3c(-c4cc(-c5ccccc5)nc(-c5ccccc5)n4)cccc3c2c(-n2c3ccc(-c4ccccc4)cc3c3cc(-c4ccccc4)ccc32)c1-n1c2ccc(-c3ccccc3)cc2c2cc(-c3ccccc3)ccc21. The first-order valence-electron chi connectivity index (χ1n) is 27.9. The summed E-state index contributed by atoms with van der Waals surface area (Å²) < 4.78 is 12.1. The summed E-state index contributed by atoms with van der Waals surface area (Å²) in [7, 11) is 0. The number of nitriles is 1. The molecular formula is C77H47N5O. The Morgan fingerprint density at radius 1 is 0.313 bits per heavy atom. The summed E-state index contributed by atoms with van der Waals surface area (Å²) in [6.45, 7) is 0. The maximum atomic E-state index is 11.9. The lowest BCUT2D eigenvalue weighted by atomic mass is 10.0. The number of benzene rings is 12. The van der Waals surface area contributed by atoms with Gasteiger partial charge in [-0.05, 0) is 105 Å². The molecule has 0 unspecified atom stereocenters. The van der Waals surface area contributed by atoms with Gasteiger partial charge in [0.05, 0.1) is 55.8 Å². The van der Waals surface area contributed by atoms with Gasteiger partial charge in [-0.25, -0.2) is 9.97 Å². The van der Waals surface area contributed by atoms with Crippen LogP contribution in [0.4, 0.5) is 0 Å². The van der Waals surface area contributed by atoms with Gasteiger partial charge < -0.3 is 13.6 Å². The highest BCUT2D eigenvalue weighted by Gasteiger charge is 2.29. The molecule has 6 nitrogen and oxygen atoms in total. The monoisotopic (exact) mass is 1060 g/mol. The standard InChI is InChI=1S/C77H47N5O/c78-48-59-46-72-73(61-33-19-32-60(76(61)83-72)67-47-66(53-28-15-5-16-29-53)79-77(80-67)54-30-17-6-18-31-54)75(82-70-40-36-57(51-24-11-3-12-25-51)44-64(70)65-45-58(37-41-71(65)82)52-26-13-4-14-27-52)74(59)81-68-38-34-55(49-20-7-1-8-21-49)42-62(68)63-43-56(35-39-69(63)81)50-22-9-2-10-23-50/h1-47H. The summed E-state index contributed by atoms with van der Waals surface area (Å²) in [5, 5.41) is 18.0. The van der Waals surface area contributed by atoms with Crippen molar-refractivity contribution in [1.29, 1.82) is 5.26 Å². The van der Waals surface area contributed by atoms with Crippen molar-refractivity contribution in [2.45, 2.75) is 0 Å². The van der Waals surface area contributed by atoms with Crippen molar-refractivity contribution < 1.29 is 4.42 Å². The summed E-state index contributed by atoms with van der Waals surface area (Å²) >= 11 is 0. The fraction of sp³-hybridized carbons (Fsp3) is 0. The van der Waals surface area contributed by atoms with Gasteiger partial charge in [-0.1, -0.05) is 218 Å². The predicted octanol–water partition coefficient (Wildman–Crippen LogP) is 20.1. The fourth-order valence-corrected chi connectivity index (χ4v) is 12.5. The van der Waals surface area contributed by atoms with Crippen LogP contribution in [0.3, 0.4) is 0 Å². The van der Waals surface area contributed by atoms with Crippen molar-refractivity contribution in [1.82, 2.24) is 19.1 Å². The average molecular weight is 1060 g/mol. The van der Waals surface area contributed by atoms with E-state index in [0.717, 1.165) is 133 Å². The van der Waals surface area contributed by atoms with E-state index < -0.39 is 0 Å². The topological polar surface area (TPSA) is 72.6 Å². The van der Waals surface area contributed by atoms with Crippen LogP contribution >= 0.6 is 0 Å². The van der Waals surface area contributed by atoms with E-state index in [-0.39, 0.29) is 0 Å². The minimum absolute atomic E-state index is 0.461. The van der Waals surface area contributed by atoms with E-state index in [0.29, 0.717) is 28.2 Å². The van der Waals surface area contributed by atoms with E-state index in [4.69, 9.17) is 14.4 Å². The molecule has 0 bridgehead atoms. The Kier molecular flexibility index (Phi) is 11.2. The van der Waals surface area contributed by atoms with Gasteiger partial charge in [0.1, 0.15) is 17.2 Å². The van der Waals surface area contributed by atoms with Gasteiger partial charge in [0.25, 0.3) is 0 Å². The second-order valence-electron chi connectivity index (χ2n) is 21.1. The van der Waals surface area contributed by atoms with Gasteiger partial charge in [-0.3, -0.25) is 0 Å². The molecule has 83 heavy (non-hydrogen) atoms. The lowest BCUT2D eigenvalue weighted by molar-refractivity contribution is 0.669. The molecular weight excluding hydrogens is 1010 g/mol. The summed E-state index contributed by atoms with van der Waals surface area (Å²) in [6, 6.07) is 103.